The van der Waals surface area contributed by atoms with Crippen LogP contribution in [0.5, 0.6) is 0 Å². The highest BCUT2D eigenvalue weighted by Gasteiger charge is 2.13. The summed E-state index contributed by atoms with van der Waals surface area (Å²) in [5.41, 5.74) is 2.60. The van der Waals surface area contributed by atoms with Gasteiger partial charge in [0.25, 0.3) is 0 Å². The molecule has 0 spiro atoms. The van der Waals surface area contributed by atoms with Crippen molar-refractivity contribution in [3.63, 3.8) is 0 Å². The lowest BCUT2D eigenvalue weighted by Gasteiger charge is -2.19. The van der Waals surface area contributed by atoms with Crippen LogP contribution < -0.4 is 5.32 Å². The second kappa shape index (κ2) is 4.90. The van der Waals surface area contributed by atoms with Crippen molar-refractivity contribution >= 4 is 0 Å². The second-order valence-electron chi connectivity index (χ2n) is 5.44. The molecule has 0 aliphatic heterocycles. The molecule has 0 radical (unpaired) electrons. The summed E-state index contributed by atoms with van der Waals surface area (Å²) in [6.07, 6.45) is 1.75. The third-order valence-electron chi connectivity index (χ3n) is 2.96. The minimum atomic E-state index is 0.180. The van der Waals surface area contributed by atoms with Gasteiger partial charge in [-0.15, -0.1) is 10.2 Å². The fourth-order valence-electron chi connectivity index (χ4n) is 1.88. The van der Waals surface area contributed by atoms with Crippen LogP contribution in [0.3, 0.4) is 0 Å². The molecule has 96 valence electrons. The van der Waals surface area contributed by atoms with Gasteiger partial charge in [0.15, 0.2) is 5.82 Å². The number of rotatable bonds is 3. The molecular formula is C14H20N4. The predicted octanol–water partition coefficient (Wildman–Crippen LogP) is 2.28. The zero-order valence-electron chi connectivity index (χ0n) is 11.4. The molecule has 4 heteroatoms. The first kappa shape index (κ1) is 12.8. The molecule has 18 heavy (non-hydrogen) atoms. The summed E-state index contributed by atoms with van der Waals surface area (Å²) in [6.45, 7) is 7.36. The Morgan fingerprint density at radius 2 is 1.83 bits per heavy atom. The number of aromatic nitrogens is 3. The number of nitrogens with zero attached hydrogens (tertiary/aromatic N) is 3. The molecule has 1 heterocycles. The number of nitrogens with one attached hydrogen (secondary N) is 1. The Morgan fingerprint density at radius 1 is 1.17 bits per heavy atom. The quantitative estimate of drug-likeness (QED) is 0.900. The zero-order chi connectivity index (χ0) is 13.2. The Kier molecular flexibility index (Phi) is 3.48. The molecule has 0 unspecified atom stereocenters. The van der Waals surface area contributed by atoms with Crippen LogP contribution in [0.2, 0.25) is 0 Å². The number of hydrogen-bond acceptors (Lipinski definition) is 3. The Labute approximate surface area is 108 Å². The minimum Gasteiger partial charge on any atom is -0.313 e. The normalized spacial score (nSPS) is 11.8. The SMILES string of the molecule is CNCc1nncn1-c1ccc(C(C)(C)C)cc1. The highest BCUT2D eigenvalue weighted by Crippen LogP contribution is 2.23. The van der Waals surface area contributed by atoms with Crippen LogP contribution in [-0.2, 0) is 12.0 Å². The molecule has 0 bridgehead atoms. The lowest BCUT2D eigenvalue weighted by atomic mass is 9.87. The van der Waals surface area contributed by atoms with Crippen molar-refractivity contribution in [1.29, 1.82) is 0 Å². The molecule has 4 nitrogen and oxygen atoms in total. The van der Waals surface area contributed by atoms with E-state index in [1.54, 1.807) is 6.33 Å². The van der Waals surface area contributed by atoms with Gasteiger partial charge in [0, 0.05) is 5.69 Å². The number of hydrogen-bond donors (Lipinski definition) is 1. The Hall–Kier alpha value is -1.68. The first-order chi connectivity index (χ1) is 8.52. The molecule has 2 rings (SSSR count). The van der Waals surface area contributed by atoms with Crippen LogP contribution in [0, 0.1) is 0 Å². The molecule has 0 aliphatic carbocycles. The minimum absolute atomic E-state index is 0.180. The van der Waals surface area contributed by atoms with E-state index in [1.807, 2.05) is 11.6 Å². The number of benzene rings is 1. The highest BCUT2D eigenvalue weighted by molar-refractivity contribution is 5.37. The van der Waals surface area contributed by atoms with Crippen LogP contribution in [-0.4, -0.2) is 21.8 Å². The smallest absolute Gasteiger partial charge is 0.151 e. The average Bonchev–Trinajstić information content (AvgIpc) is 2.77. The summed E-state index contributed by atoms with van der Waals surface area (Å²) in [7, 11) is 1.90. The largest absolute Gasteiger partial charge is 0.313 e. The van der Waals surface area contributed by atoms with Gasteiger partial charge < -0.3 is 5.32 Å². The van der Waals surface area contributed by atoms with Gasteiger partial charge in [-0.1, -0.05) is 32.9 Å². The molecule has 0 saturated carbocycles. The maximum Gasteiger partial charge on any atom is 0.151 e. The Balaban J connectivity index is 2.32. The van der Waals surface area contributed by atoms with E-state index >= 15 is 0 Å². The maximum absolute atomic E-state index is 4.10. The van der Waals surface area contributed by atoms with Gasteiger partial charge in [0.2, 0.25) is 0 Å². The first-order valence-electron chi connectivity index (χ1n) is 6.17. The van der Waals surface area contributed by atoms with E-state index in [-0.39, 0.29) is 5.41 Å². The van der Waals surface area contributed by atoms with Crippen molar-refractivity contribution in [3.05, 3.63) is 42.0 Å². The maximum atomic E-state index is 4.10. The van der Waals surface area contributed by atoms with Gasteiger partial charge in [0.05, 0.1) is 6.54 Å². The van der Waals surface area contributed by atoms with E-state index in [0.29, 0.717) is 6.54 Å². The molecule has 1 N–H and O–H groups in total. The van der Waals surface area contributed by atoms with Crippen LogP contribution in [0.15, 0.2) is 30.6 Å². The summed E-state index contributed by atoms with van der Waals surface area (Å²) in [5, 5.41) is 11.2. The molecule has 0 saturated heterocycles. The fraction of sp³-hybridized carbons (Fsp3) is 0.429. The Morgan fingerprint density at radius 3 is 2.39 bits per heavy atom. The average molecular weight is 244 g/mol. The van der Waals surface area contributed by atoms with Gasteiger partial charge >= 0.3 is 0 Å². The van der Waals surface area contributed by atoms with Crippen LogP contribution in [0.1, 0.15) is 32.2 Å². The summed E-state index contributed by atoms with van der Waals surface area (Å²) in [6, 6.07) is 8.56. The molecule has 1 aromatic carbocycles. The molecule has 0 fully saturated rings. The van der Waals surface area contributed by atoms with Gasteiger partial charge in [-0.05, 0) is 30.2 Å². The second-order valence-corrected chi connectivity index (χ2v) is 5.44. The highest BCUT2D eigenvalue weighted by atomic mass is 15.3. The standard InChI is InChI=1S/C14H20N4/c1-14(2,3)11-5-7-12(8-6-11)18-10-16-17-13(18)9-15-4/h5-8,10,15H,9H2,1-4H3. The molecule has 0 aliphatic rings. The molecule has 1 aromatic heterocycles. The van der Waals surface area contributed by atoms with E-state index in [1.165, 1.54) is 5.56 Å². The third-order valence-corrected chi connectivity index (χ3v) is 2.96. The van der Waals surface area contributed by atoms with E-state index in [2.05, 4.69) is 60.6 Å². The van der Waals surface area contributed by atoms with Crippen molar-refractivity contribution in [1.82, 2.24) is 20.1 Å². The molecule has 2 aromatic rings. The lowest BCUT2D eigenvalue weighted by molar-refractivity contribution is 0.590. The van der Waals surface area contributed by atoms with Gasteiger partial charge in [-0.2, -0.15) is 0 Å². The van der Waals surface area contributed by atoms with Crippen molar-refractivity contribution in [2.75, 3.05) is 7.05 Å². The van der Waals surface area contributed by atoms with Crippen molar-refractivity contribution in [2.45, 2.75) is 32.7 Å². The van der Waals surface area contributed by atoms with Crippen molar-refractivity contribution < 1.29 is 0 Å². The van der Waals surface area contributed by atoms with Gasteiger partial charge in [0.1, 0.15) is 6.33 Å². The Bertz CT molecular complexity index is 505. The summed E-state index contributed by atoms with van der Waals surface area (Å²) >= 11 is 0. The van der Waals surface area contributed by atoms with Crippen LogP contribution in [0.25, 0.3) is 5.69 Å². The van der Waals surface area contributed by atoms with E-state index in [9.17, 15) is 0 Å². The summed E-state index contributed by atoms with van der Waals surface area (Å²) < 4.78 is 2.00. The van der Waals surface area contributed by atoms with Crippen LogP contribution in [0.4, 0.5) is 0 Å². The molecule has 0 amide bonds. The van der Waals surface area contributed by atoms with Gasteiger partial charge in [-0.3, -0.25) is 4.57 Å². The fourth-order valence-corrected chi connectivity index (χ4v) is 1.88. The van der Waals surface area contributed by atoms with Crippen molar-refractivity contribution in [3.8, 4) is 5.69 Å². The lowest BCUT2D eigenvalue weighted by Crippen LogP contribution is -2.12. The van der Waals surface area contributed by atoms with E-state index < -0.39 is 0 Å². The first-order valence-corrected chi connectivity index (χ1v) is 6.17. The van der Waals surface area contributed by atoms with Crippen molar-refractivity contribution in [2.24, 2.45) is 0 Å². The third kappa shape index (κ3) is 2.59. The van der Waals surface area contributed by atoms with E-state index in [4.69, 9.17) is 0 Å². The van der Waals surface area contributed by atoms with Gasteiger partial charge in [-0.25, -0.2) is 0 Å². The predicted molar refractivity (Wildman–Crippen MR) is 72.8 cm³/mol. The zero-order valence-corrected chi connectivity index (χ0v) is 11.4. The molecule has 0 atom stereocenters. The topological polar surface area (TPSA) is 42.7 Å². The monoisotopic (exact) mass is 244 g/mol. The summed E-state index contributed by atoms with van der Waals surface area (Å²) in [4.78, 5) is 0. The van der Waals surface area contributed by atoms with E-state index in [0.717, 1.165) is 11.5 Å². The van der Waals surface area contributed by atoms with Crippen LogP contribution >= 0.6 is 0 Å². The summed E-state index contributed by atoms with van der Waals surface area (Å²) in [5.74, 6) is 0.918. The molecular weight excluding hydrogens is 224 g/mol.